The Morgan fingerprint density at radius 1 is 0.784 bits per heavy atom. The molecule has 1 amide bonds. The second-order valence-electron chi connectivity index (χ2n) is 13.0. The Kier molecular flexibility index (Phi) is 12.6. The lowest BCUT2D eigenvalue weighted by molar-refractivity contribution is -0.142. The van der Waals surface area contributed by atoms with E-state index < -0.39 is 10.0 Å². The van der Waals surface area contributed by atoms with Crippen molar-refractivity contribution in [2.75, 3.05) is 30.7 Å². The van der Waals surface area contributed by atoms with Crippen molar-refractivity contribution >= 4 is 38.7 Å². The molecule has 0 saturated carbocycles. The van der Waals surface area contributed by atoms with E-state index in [2.05, 4.69) is 47.8 Å². The Labute approximate surface area is 301 Å². The number of aromatic nitrogens is 1. The number of amides is 1. The second kappa shape index (κ2) is 17.2. The highest BCUT2D eigenvalue weighted by atomic mass is 32.2. The minimum atomic E-state index is -3.34. The molecular formula is C41H47N3O6S. The fourth-order valence-electron chi connectivity index (χ4n) is 6.35. The van der Waals surface area contributed by atoms with Crippen LogP contribution >= 0.6 is 0 Å². The zero-order chi connectivity index (χ0) is 36.4. The molecule has 51 heavy (non-hydrogen) atoms. The van der Waals surface area contributed by atoms with Crippen molar-refractivity contribution in [3.05, 3.63) is 124 Å². The van der Waals surface area contributed by atoms with E-state index in [9.17, 15) is 18.0 Å². The molecule has 5 aromatic rings. The highest BCUT2D eigenvalue weighted by molar-refractivity contribution is 7.92. The molecule has 0 atom stereocenters. The number of nitrogens with zero attached hydrogens (tertiary/aromatic N) is 1. The number of unbranched alkanes of at least 4 members (excludes halogenated alkanes) is 1. The number of ether oxygens (including phenoxy) is 2. The molecule has 268 valence electrons. The number of sulfonamides is 1. The number of carbonyl (C=O) groups is 2. The molecule has 0 saturated heterocycles. The molecule has 1 heterocycles. The zero-order valence-electron chi connectivity index (χ0n) is 29.8. The van der Waals surface area contributed by atoms with E-state index in [1.54, 1.807) is 24.0 Å². The van der Waals surface area contributed by atoms with Crippen LogP contribution in [-0.4, -0.2) is 56.3 Å². The van der Waals surface area contributed by atoms with Crippen molar-refractivity contribution < 1.29 is 27.5 Å². The first-order valence-electron chi connectivity index (χ1n) is 17.4. The summed E-state index contributed by atoms with van der Waals surface area (Å²) >= 11 is 0. The molecule has 0 fully saturated rings. The van der Waals surface area contributed by atoms with Crippen molar-refractivity contribution in [3.8, 4) is 11.3 Å². The molecule has 10 heteroatoms. The third-order valence-electron chi connectivity index (χ3n) is 8.63. The van der Waals surface area contributed by atoms with Gasteiger partial charge in [-0.15, -0.1) is 0 Å². The fourth-order valence-corrected chi connectivity index (χ4v) is 6.91. The minimum absolute atomic E-state index is 0.183. The lowest BCUT2D eigenvalue weighted by atomic mass is 9.98. The maximum Gasteiger partial charge on any atom is 0.410 e. The van der Waals surface area contributed by atoms with Crippen molar-refractivity contribution in [2.24, 2.45) is 0 Å². The standard InChI is InChI=1S/C41H47N3O6S/c1-5-49-39(45)27-33-16-19-38-37(26-33)36(40(42-38)34-24-29(2)23-30(3)25-34)20-22-44(41(46)50-28-32-12-7-6-8-13-32)21-10-9-11-31-14-17-35(18-15-31)43-51(4,47)48/h6-8,12-19,23-26,42-43H,5,9-11,20-22,27-28H2,1-4H3. The molecule has 9 nitrogen and oxygen atoms in total. The first kappa shape index (κ1) is 37.2. The number of hydrogen-bond donors (Lipinski definition) is 2. The number of rotatable bonds is 16. The first-order valence-corrected chi connectivity index (χ1v) is 19.3. The molecule has 1 aromatic heterocycles. The quantitative estimate of drug-likeness (QED) is 0.0789. The van der Waals surface area contributed by atoms with Crippen LogP contribution in [0.15, 0.2) is 91.0 Å². The number of carbonyl (C=O) groups excluding carboxylic acids is 2. The summed E-state index contributed by atoms with van der Waals surface area (Å²) in [5.74, 6) is -0.266. The van der Waals surface area contributed by atoms with Crippen LogP contribution in [-0.2, 0) is 50.2 Å². The van der Waals surface area contributed by atoms with Crippen LogP contribution in [0.2, 0.25) is 0 Å². The topological polar surface area (TPSA) is 118 Å². The summed E-state index contributed by atoms with van der Waals surface area (Å²) in [4.78, 5) is 31.4. The molecule has 0 aliphatic carbocycles. The van der Waals surface area contributed by atoms with E-state index in [-0.39, 0.29) is 25.1 Å². The number of nitrogens with one attached hydrogen (secondary N) is 2. The predicted octanol–water partition coefficient (Wildman–Crippen LogP) is 8.13. The average Bonchev–Trinajstić information content (AvgIpc) is 3.45. The summed E-state index contributed by atoms with van der Waals surface area (Å²) in [6.07, 6.45) is 3.89. The van der Waals surface area contributed by atoms with Crippen molar-refractivity contribution in [2.45, 2.75) is 59.5 Å². The van der Waals surface area contributed by atoms with Gasteiger partial charge in [0.1, 0.15) is 6.61 Å². The van der Waals surface area contributed by atoms with Gasteiger partial charge in [0.15, 0.2) is 0 Å². The van der Waals surface area contributed by atoms with Crippen LogP contribution in [0.1, 0.15) is 53.1 Å². The van der Waals surface area contributed by atoms with Gasteiger partial charge in [-0.25, -0.2) is 13.2 Å². The van der Waals surface area contributed by atoms with Crippen LogP contribution in [0.5, 0.6) is 0 Å². The number of benzene rings is 4. The van der Waals surface area contributed by atoms with Crippen LogP contribution in [0.3, 0.4) is 0 Å². The maximum absolute atomic E-state index is 13.6. The lowest BCUT2D eigenvalue weighted by Crippen LogP contribution is -2.34. The van der Waals surface area contributed by atoms with Crippen molar-refractivity contribution in [1.82, 2.24) is 9.88 Å². The van der Waals surface area contributed by atoms with Gasteiger partial charge in [0.2, 0.25) is 10.0 Å². The SMILES string of the molecule is CCOC(=O)Cc1ccc2[nH]c(-c3cc(C)cc(C)c3)c(CCN(CCCCc3ccc(NS(C)(=O)=O)cc3)C(=O)OCc3ccccc3)c2c1. The number of aromatic amines is 1. The van der Waals surface area contributed by atoms with Gasteiger partial charge in [0, 0.05) is 35.4 Å². The highest BCUT2D eigenvalue weighted by Crippen LogP contribution is 2.33. The molecule has 0 bridgehead atoms. The Bertz CT molecular complexity index is 2040. The molecule has 2 N–H and O–H groups in total. The molecule has 4 aromatic carbocycles. The molecule has 0 radical (unpaired) electrons. The van der Waals surface area contributed by atoms with Crippen LogP contribution < -0.4 is 4.72 Å². The first-order chi connectivity index (χ1) is 24.5. The number of hydrogen-bond acceptors (Lipinski definition) is 6. The van der Waals surface area contributed by atoms with Crippen molar-refractivity contribution in [1.29, 1.82) is 0 Å². The zero-order valence-corrected chi connectivity index (χ0v) is 30.6. The molecule has 0 aliphatic rings. The molecule has 0 spiro atoms. The monoisotopic (exact) mass is 709 g/mol. The number of anilines is 1. The van der Waals surface area contributed by atoms with E-state index in [1.807, 2.05) is 54.6 Å². The third-order valence-corrected chi connectivity index (χ3v) is 9.24. The predicted molar refractivity (Wildman–Crippen MR) is 203 cm³/mol. The summed E-state index contributed by atoms with van der Waals surface area (Å²) in [6.45, 7) is 7.43. The lowest BCUT2D eigenvalue weighted by Gasteiger charge is -2.23. The van der Waals surface area contributed by atoms with Gasteiger partial charge in [-0.05, 0) is 111 Å². The van der Waals surface area contributed by atoms with Crippen LogP contribution in [0, 0.1) is 13.8 Å². The van der Waals surface area contributed by atoms with Gasteiger partial charge < -0.3 is 19.4 Å². The molecule has 0 aliphatic heterocycles. The smallest absolute Gasteiger partial charge is 0.410 e. The number of aryl methyl sites for hydroxylation is 3. The Balaban J connectivity index is 1.36. The normalized spacial score (nSPS) is 11.4. The van der Waals surface area contributed by atoms with E-state index in [1.165, 1.54) is 0 Å². The van der Waals surface area contributed by atoms with Gasteiger partial charge in [0.25, 0.3) is 0 Å². The summed E-state index contributed by atoms with van der Waals surface area (Å²) in [5.41, 5.74) is 9.82. The largest absolute Gasteiger partial charge is 0.466 e. The molecular weight excluding hydrogens is 663 g/mol. The summed E-state index contributed by atoms with van der Waals surface area (Å²) in [7, 11) is -3.34. The summed E-state index contributed by atoms with van der Waals surface area (Å²) in [6, 6.07) is 29.5. The molecule has 5 rings (SSSR count). The van der Waals surface area contributed by atoms with Crippen LogP contribution in [0.25, 0.3) is 22.2 Å². The second-order valence-corrected chi connectivity index (χ2v) is 14.8. The number of H-pyrrole nitrogens is 1. The van der Waals surface area contributed by atoms with E-state index in [4.69, 9.17) is 9.47 Å². The third kappa shape index (κ3) is 10.9. The van der Waals surface area contributed by atoms with Gasteiger partial charge in [-0.2, -0.15) is 0 Å². The van der Waals surface area contributed by atoms with E-state index in [0.717, 1.165) is 81.1 Å². The Morgan fingerprint density at radius 2 is 1.49 bits per heavy atom. The maximum atomic E-state index is 13.6. The number of fused-ring (bicyclic) bond motifs is 1. The minimum Gasteiger partial charge on any atom is -0.466 e. The van der Waals surface area contributed by atoms with E-state index in [0.29, 0.717) is 31.8 Å². The van der Waals surface area contributed by atoms with Gasteiger partial charge >= 0.3 is 12.1 Å². The fraction of sp³-hybridized carbons (Fsp3) is 0.317. The molecule has 0 unspecified atom stereocenters. The summed E-state index contributed by atoms with van der Waals surface area (Å²) in [5, 5.41) is 1.01. The Hall–Kier alpha value is -5.09. The van der Waals surface area contributed by atoms with Gasteiger partial charge in [-0.1, -0.05) is 65.7 Å². The van der Waals surface area contributed by atoms with Gasteiger partial charge in [0.05, 0.1) is 19.3 Å². The highest BCUT2D eigenvalue weighted by Gasteiger charge is 2.20. The van der Waals surface area contributed by atoms with Crippen LogP contribution in [0.4, 0.5) is 10.5 Å². The van der Waals surface area contributed by atoms with E-state index >= 15 is 0 Å². The van der Waals surface area contributed by atoms with Crippen molar-refractivity contribution in [3.63, 3.8) is 0 Å². The van der Waals surface area contributed by atoms with Gasteiger partial charge in [-0.3, -0.25) is 9.52 Å². The Morgan fingerprint density at radius 3 is 2.18 bits per heavy atom. The number of esters is 1. The summed E-state index contributed by atoms with van der Waals surface area (Å²) < 4.78 is 36.6. The average molecular weight is 710 g/mol.